The molecule has 0 aliphatic carbocycles. The third-order valence-corrected chi connectivity index (χ3v) is 14.1. The number of urea groups is 1. The van der Waals surface area contributed by atoms with Gasteiger partial charge in [-0.2, -0.15) is 10.2 Å². The highest BCUT2D eigenvalue weighted by molar-refractivity contribution is 7.90. The van der Waals surface area contributed by atoms with E-state index in [2.05, 4.69) is 21.0 Å². The Balaban J connectivity index is 1.35. The van der Waals surface area contributed by atoms with Crippen molar-refractivity contribution in [1.29, 1.82) is 5.26 Å². The molecule has 0 spiro atoms. The van der Waals surface area contributed by atoms with Crippen molar-refractivity contribution >= 4 is 30.4 Å². The molecule has 2 amide bonds. The number of aromatic nitrogens is 2. The van der Waals surface area contributed by atoms with E-state index in [0.29, 0.717) is 11.5 Å². The van der Waals surface area contributed by atoms with E-state index in [9.17, 15) is 23.3 Å². The summed E-state index contributed by atoms with van der Waals surface area (Å²) < 4.78 is 69.3. The summed E-state index contributed by atoms with van der Waals surface area (Å²) in [6.07, 6.45) is -0.708. The molecule has 2 heterocycles. The fourth-order valence-electron chi connectivity index (χ4n) is 7.57. The van der Waals surface area contributed by atoms with E-state index in [4.69, 9.17) is 28.0 Å². The van der Waals surface area contributed by atoms with Crippen LogP contribution in [-0.2, 0) is 34.1 Å². The van der Waals surface area contributed by atoms with Gasteiger partial charge < -0.3 is 28.0 Å². The molecule has 1 aliphatic heterocycles. The van der Waals surface area contributed by atoms with Gasteiger partial charge in [-0.3, -0.25) is 9.88 Å². The Hall–Kier alpha value is -5.70. The highest BCUT2D eigenvalue weighted by atomic mass is 32.2. The first-order valence-corrected chi connectivity index (χ1v) is 23.7. The SMILES string of the molecule is COc1ccc(C(OC[C@H]2O[C@@H](n3ccc(NC(=O)NS(=O)(=O)c4ccc(C)cc4)nc3=O)C[C@@H]2OP(OCCC#N)N(C(C)C)C(C)C)(c2ccccc2)c2ccc(OC)cc2)cc1. The topological polar surface area (TPSA) is 193 Å². The second kappa shape index (κ2) is 22.0. The summed E-state index contributed by atoms with van der Waals surface area (Å²) in [6.45, 7) is 10.1. The lowest BCUT2D eigenvalue weighted by molar-refractivity contribution is -0.0925. The number of hydrogen-bond donors (Lipinski definition) is 2. The summed E-state index contributed by atoms with van der Waals surface area (Å²) in [6, 6.07) is 33.5. The molecule has 344 valence electrons. The monoisotopic (exact) mass is 926 g/mol. The Morgan fingerprint density at radius 2 is 1.49 bits per heavy atom. The molecule has 0 radical (unpaired) electrons. The molecule has 1 unspecified atom stereocenters. The average Bonchev–Trinajstić information content (AvgIpc) is 3.68. The zero-order valence-electron chi connectivity index (χ0n) is 37.4. The number of nitrogens with one attached hydrogen (secondary N) is 2. The van der Waals surface area contributed by atoms with E-state index in [1.807, 2.05) is 118 Å². The number of aryl methyl sites for hydroxylation is 1. The normalized spacial score (nSPS) is 16.9. The molecule has 2 N–H and O–H groups in total. The maximum absolute atomic E-state index is 13.8. The summed E-state index contributed by atoms with van der Waals surface area (Å²) in [5, 5.41) is 11.7. The van der Waals surface area contributed by atoms with Gasteiger partial charge in [0, 0.05) is 24.7 Å². The fraction of sp³-hybridized carbons (Fsp3) is 0.362. The molecule has 4 aromatic carbocycles. The van der Waals surface area contributed by atoms with E-state index in [1.54, 1.807) is 26.4 Å². The zero-order chi connectivity index (χ0) is 46.7. The second-order valence-electron chi connectivity index (χ2n) is 15.7. The smallest absolute Gasteiger partial charge is 0.351 e. The van der Waals surface area contributed by atoms with Gasteiger partial charge in [-0.05, 0) is 93.8 Å². The van der Waals surface area contributed by atoms with Gasteiger partial charge >= 0.3 is 11.7 Å². The number of nitrogens with zero attached hydrogens (tertiary/aromatic N) is 4. The van der Waals surface area contributed by atoms with Crippen LogP contribution in [0.2, 0.25) is 0 Å². The third-order valence-electron chi connectivity index (χ3n) is 10.6. The van der Waals surface area contributed by atoms with Crippen molar-refractivity contribution in [2.45, 2.75) is 88.5 Å². The Morgan fingerprint density at radius 1 is 0.908 bits per heavy atom. The van der Waals surface area contributed by atoms with Crippen LogP contribution in [0.25, 0.3) is 0 Å². The van der Waals surface area contributed by atoms with Crippen molar-refractivity contribution in [3.05, 3.63) is 148 Å². The van der Waals surface area contributed by atoms with Crippen LogP contribution in [0, 0.1) is 18.3 Å². The zero-order valence-corrected chi connectivity index (χ0v) is 39.1. The van der Waals surface area contributed by atoms with Crippen molar-refractivity contribution in [2.75, 3.05) is 32.8 Å². The number of nitriles is 1. The molecule has 1 aliphatic rings. The second-order valence-corrected chi connectivity index (χ2v) is 18.8. The minimum Gasteiger partial charge on any atom is -0.497 e. The van der Waals surface area contributed by atoms with Gasteiger partial charge in [0.1, 0.15) is 35.2 Å². The number of carbonyl (C=O) groups is 1. The van der Waals surface area contributed by atoms with Crippen molar-refractivity contribution in [1.82, 2.24) is 18.9 Å². The molecule has 16 nitrogen and oxygen atoms in total. The highest BCUT2D eigenvalue weighted by Gasteiger charge is 2.45. The molecule has 1 saturated heterocycles. The van der Waals surface area contributed by atoms with Gasteiger partial charge in [-0.15, -0.1) is 0 Å². The molecular weight excluding hydrogens is 872 g/mol. The summed E-state index contributed by atoms with van der Waals surface area (Å²) in [5.41, 5.74) is 1.29. The average molecular weight is 927 g/mol. The lowest BCUT2D eigenvalue weighted by atomic mass is 9.80. The first-order valence-electron chi connectivity index (χ1n) is 21.1. The Kier molecular flexibility index (Phi) is 16.5. The summed E-state index contributed by atoms with van der Waals surface area (Å²) in [4.78, 5) is 30.5. The van der Waals surface area contributed by atoms with Crippen molar-refractivity contribution < 1.29 is 41.2 Å². The third kappa shape index (κ3) is 11.8. The molecule has 4 atom stereocenters. The van der Waals surface area contributed by atoms with Crippen LogP contribution in [-0.4, -0.2) is 80.4 Å². The lowest BCUT2D eigenvalue weighted by Gasteiger charge is -2.39. The molecule has 1 fully saturated rings. The molecule has 6 rings (SSSR count). The predicted octanol–water partition coefficient (Wildman–Crippen LogP) is 8.04. The number of methoxy groups -OCH3 is 2. The van der Waals surface area contributed by atoms with E-state index in [0.717, 1.165) is 22.3 Å². The van der Waals surface area contributed by atoms with Crippen LogP contribution in [0.15, 0.2) is 125 Å². The number of rotatable bonds is 20. The van der Waals surface area contributed by atoms with E-state index < -0.39 is 54.3 Å². The molecule has 0 bridgehead atoms. The van der Waals surface area contributed by atoms with Gasteiger partial charge in [0.25, 0.3) is 18.5 Å². The minimum absolute atomic E-state index is 0.00262. The molecule has 1 aromatic heterocycles. The van der Waals surface area contributed by atoms with Crippen LogP contribution in [0.1, 0.15) is 69.0 Å². The number of benzene rings is 4. The Labute approximate surface area is 381 Å². The highest BCUT2D eigenvalue weighted by Crippen LogP contribution is 2.50. The first-order chi connectivity index (χ1) is 31.2. The summed E-state index contributed by atoms with van der Waals surface area (Å²) in [5.74, 6) is 1.15. The number of anilines is 1. The van der Waals surface area contributed by atoms with Gasteiger partial charge in [-0.1, -0.05) is 72.3 Å². The summed E-state index contributed by atoms with van der Waals surface area (Å²) >= 11 is 0. The molecule has 65 heavy (non-hydrogen) atoms. The van der Waals surface area contributed by atoms with Gasteiger partial charge in [0.15, 0.2) is 0 Å². The van der Waals surface area contributed by atoms with Crippen molar-refractivity contribution in [3.8, 4) is 17.6 Å². The van der Waals surface area contributed by atoms with Gasteiger partial charge in [0.2, 0.25) is 0 Å². The van der Waals surface area contributed by atoms with Crippen LogP contribution in [0.5, 0.6) is 11.5 Å². The Bertz CT molecular complexity index is 2500. The number of ether oxygens (including phenoxy) is 4. The fourth-order valence-corrected chi connectivity index (χ4v) is 10.2. The van der Waals surface area contributed by atoms with Crippen LogP contribution >= 0.6 is 8.53 Å². The quantitative estimate of drug-likeness (QED) is 0.0433. The van der Waals surface area contributed by atoms with Crippen molar-refractivity contribution in [2.24, 2.45) is 0 Å². The number of hydrogen-bond acceptors (Lipinski definition) is 13. The van der Waals surface area contributed by atoms with Gasteiger partial charge in [-0.25, -0.2) is 27.4 Å². The molecular formula is C47H55N6O10PS. The van der Waals surface area contributed by atoms with E-state index in [-0.39, 0.29) is 48.9 Å². The van der Waals surface area contributed by atoms with Crippen LogP contribution < -0.4 is 25.2 Å². The molecule has 5 aromatic rings. The number of sulfonamides is 1. The van der Waals surface area contributed by atoms with Gasteiger partial charge in [0.05, 0.1) is 50.9 Å². The lowest BCUT2D eigenvalue weighted by Crippen LogP contribution is -2.39. The van der Waals surface area contributed by atoms with E-state index >= 15 is 0 Å². The minimum atomic E-state index is -4.21. The maximum Gasteiger partial charge on any atom is 0.351 e. The largest absolute Gasteiger partial charge is 0.497 e. The summed E-state index contributed by atoms with van der Waals surface area (Å²) in [7, 11) is -2.76. The predicted molar refractivity (Wildman–Crippen MR) is 246 cm³/mol. The molecule has 18 heteroatoms. The molecule has 0 saturated carbocycles. The first kappa shape index (κ1) is 48.7. The Morgan fingerprint density at radius 3 is 2.03 bits per heavy atom. The van der Waals surface area contributed by atoms with Crippen LogP contribution in [0.3, 0.4) is 0 Å². The van der Waals surface area contributed by atoms with Crippen LogP contribution in [0.4, 0.5) is 10.6 Å². The standard InChI is InChI=1S/C47H55N6O10PS/c1-32(2)53(33(3)4)64(61-29-11-27-48)63-41-30-44(52-28-26-43(50-46(52)55)49-45(54)51-65(56,57)40-24-14-34(5)15-25-40)62-42(41)31-60-47(35-12-9-8-10-13-35,36-16-20-38(58-6)21-17-36)37-18-22-39(59-7)23-19-37/h8-10,12-26,28,32-33,41-42,44H,11,29-31H2,1-7H3,(H2,49,50,51,54,55)/t41-,42+,44+,64?/m0/s1. The van der Waals surface area contributed by atoms with Crippen molar-refractivity contribution in [3.63, 3.8) is 0 Å². The van der Waals surface area contributed by atoms with E-state index in [1.165, 1.54) is 29.0 Å². The number of amides is 2. The maximum atomic E-state index is 13.8. The number of carbonyl (C=O) groups excluding carboxylic acids is 1.